The van der Waals surface area contributed by atoms with Gasteiger partial charge in [-0.2, -0.15) is 13.2 Å². The van der Waals surface area contributed by atoms with Gasteiger partial charge in [0.25, 0.3) is 0 Å². The van der Waals surface area contributed by atoms with Gasteiger partial charge >= 0.3 is 6.18 Å². The average Bonchev–Trinajstić information content (AvgIpc) is 2.89. The van der Waals surface area contributed by atoms with Crippen LogP contribution in [0.2, 0.25) is 0 Å². The lowest BCUT2D eigenvalue weighted by Gasteiger charge is -2.04. The summed E-state index contributed by atoms with van der Waals surface area (Å²) in [5, 5.41) is 0.607. The Kier molecular flexibility index (Phi) is 2.75. The van der Waals surface area contributed by atoms with Crippen molar-refractivity contribution in [2.45, 2.75) is 13.1 Å². The third kappa shape index (κ3) is 2.14. The van der Waals surface area contributed by atoms with E-state index in [1.165, 1.54) is 17.4 Å². The van der Waals surface area contributed by atoms with E-state index >= 15 is 0 Å². The van der Waals surface area contributed by atoms with Crippen LogP contribution in [-0.2, 0) is 6.18 Å². The van der Waals surface area contributed by atoms with E-state index in [-0.39, 0.29) is 5.52 Å². The first kappa shape index (κ1) is 13.0. The summed E-state index contributed by atoms with van der Waals surface area (Å²) >= 11 is 1.29. The molecule has 0 aliphatic carbocycles. The molecule has 2 N–H and O–H groups in total. The Morgan fingerprint density at radius 1 is 1.25 bits per heavy atom. The molecule has 3 nitrogen and oxygen atoms in total. The molecule has 0 amide bonds. The molecule has 0 aliphatic rings. The van der Waals surface area contributed by atoms with Crippen LogP contribution in [0.25, 0.3) is 21.9 Å². The SMILES string of the molecule is Cc1cc(N)sc1-c1nc2cc(C(F)(F)F)ccc2o1. The second-order valence-corrected chi connectivity index (χ2v) is 5.44. The standard InChI is InChI=1S/C13H9F3N2OS/c1-6-4-10(17)20-11(6)12-18-8-5-7(13(14,15)16)2-3-9(8)19-12/h2-5H,17H2,1H3. The molecule has 104 valence electrons. The predicted molar refractivity (Wildman–Crippen MR) is 71.5 cm³/mol. The van der Waals surface area contributed by atoms with E-state index in [0.29, 0.717) is 16.5 Å². The van der Waals surface area contributed by atoms with Crippen molar-refractivity contribution in [2.24, 2.45) is 0 Å². The maximum Gasteiger partial charge on any atom is 0.416 e. The van der Waals surface area contributed by atoms with Crippen molar-refractivity contribution in [3.8, 4) is 10.8 Å². The minimum atomic E-state index is -4.39. The molecule has 0 bridgehead atoms. The number of nitrogens with two attached hydrogens (primary N) is 1. The molecule has 0 fully saturated rings. The summed E-state index contributed by atoms with van der Waals surface area (Å²) in [6.07, 6.45) is -4.39. The number of aryl methyl sites for hydroxylation is 1. The lowest BCUT2D eigenvalue weighted by molar-refractivity contribution is -0.137. The van der Waals surface area contributed by atoms with Crippen molar-refractivity contribution in [1.82, 2.24) is 4.98 Å². The number of hydrogen-bond donors (Lipinski definition) is 1. The maximum absolute atomic E-state index is 12.6. The summed E-state index contributed by atoms with van der Waals surface area (Å²) in [6, 6.07) is 5.01. The van der Waals surface area contributed by atoms with E-state index < -0.39 is 11.7 Å². The largest absolute Gasteiger partial charge is 0.435 e. The smallest absolute Gasteiger partial charge is 0.416 e. The molecular formula is C13H9F3N2OS. The number of aromatic nitrogens is 1. The number of benzene rings is 1. The number of hydrogen-bond acceptors (Lipinski definition) is 4. The predicted octanol–water partition coefficient (Wildman–Crippen LogP) is 4.47. The van der Waals surface area contributed by atoms with Crippen LogP contribution in [0.3, 0.4) is 0 Å². The molecule has 2 heterocycles. The molecule has 1 aromatic carbocycles. The minimum Gasteiger partial charge on any atom is -0.435 e. The Morgan fingerprint density at radius 3 is 2.60 bits per heavy atom. The van der Waals surface area contributed by atoms with Crippen LogP contribution in [0.5, 0.6) is 0 Å². The molecular weight excluding hydrogens is 289 g/mol. The minimum absolute atomic E-state index is 0.182. The first-order chi connectivity index (χ1) is 9.34. The summed E-state index contributed by atoms with van der Waals surface area (Å²) in [7, 11) is 0. The van der Waals surface area contributed by atoms with E-state index in [2.05, 4.69) is 4.98 Å². The molecule has 0 spiro atoms. The molecule has 2 aromatic heterocycles. The molecule has 7 heteroatoms. The van der Waals surface area contributed by atoms with Gasteiger partial charge in [0.2, 0.25) is 5.89 Å². The van der Waals surface area contributed by atoms with Gasteiger partial charge in [0.05, 0.1) is 15.4 Å². The number of thiophene rings is 1. The second kappa shape index (κ2) is 4.24. The molecule has 0 aliphatic heterocycles. The van der Waals surface area contributed by atoms with Crippen LogP contribution in [0, 0.1) is 6.92 Å². The van der Waals surface area contributed by atoms with E-state index in [9.17, 15) is 13.2 Å². The zero-order chi connectivity index (χ0) is 14.5. The molecule has 0 atom stereocenters. The summed E-state index contributed by atoms with van der Waals surface area (Å²) in [5.74, 6) is 0.290. The van der Waals surface area contributed by atoms with Crippen molar-refractivity contribution in [3.05, 3.63) is 35.4 Å². The molecule has 0 unspecified atom stereocenters. The molecule has 0 saturated carbocycles. The summed E-state index contributed by atoms with van der Waals surface area (Å²) in [5.41, 5.74) is 6.33. The zero-order valence-corrected chi connectivity index (χ0v) is 11.1. The monoisotopic (exact) mass is 298 g/mol. The van der Waals surface area contributed by atoms with E-state index in [1.807, 2.05) is 6.92 Å². The number of nitrogens with zero attached hydrogens (tertiary/aromatic N) is 1. The van der Waals surface area contributed by atoms with Gasteiger partial charge in [0.15, 0.2) is 5.58 Å². The fourth-order valence-electron chi connectivity index (χ4n) is 1.92. The lowest BCUT2D eigenvalue weighted by atomic mass is 10.2. The van der Waals surface area contributed by atoms with Crippen LogP contribution in [0.15, 0.2) is 28.7 Å². The van der Waals surface area contributed by atoms with Gasteiger partial charge in [0, 0.05) is 0 Å². The number of alkyl halides is 3. The zero-order valence-electron chi connectivity index (χ0n) is 10.3. The Bertz CT molecular complexity index is 789. The third-order valence-electron chi connectivity index (χ3n) is 2.85. The van der Waals surface area contributed by atoms with Crippen molar-refractivity contribution in [3.63, 3.8) is 0 Å². The highest BCUT2D eigenvalue weighted by Gasteiger charge is 2.31. The van der Waals surface area contributed by atoms with E-state index in [0.717, 1.165) is 22.6 Å². The molecule has 3 aromatic rings. The van der Waals surface area contributed by atoms with E-state index in [1.54, 1.807) is 6.07 Å². The van der Waals surface area contributed by atoms with Crippen LogP contribution in [0.1, 0.15) is 11.1 Å². The number of halogens is 3. The number of anilines is 1. The average molecular weight is 298 g/mol. The normalized spacial score (nSPS) is 12.2. The number of nitrogen functional groups attached to an aromatic ring is 1. The van der Waals surface area contributed by atoms with Crippen molar-refractivity contribution >= 4 is 27.4 Å². The summed E-state index contributed by atoms with van der Waals surface area (Å²) in [4.78, 5) is 4.85. The van der Waals surface area contributed by atoms with Crippen LogP contribution in [-0.4, -0.2) is 4.98 Å². The molecule has 0 radical (unpaired) electrons. The summed E-state index contributed by atoms with van der Waals surface area (Å²) < 4.78 is 43.4. The Hall–Kier alpha value is -2.02. The number of fused-ring (bicyclic) bond motifs is 1. The Balaban J connectivity index is 2.14. The van der Waals surface area contributed by atoms with Gasteiger partial charge in [-0.25, -0.2) is 4.98 Å². The second-order valence-electron chi connectivity index (χ2n) is 4.36. The first-order valence-corrected chi connectivity index (χ1v) is 6.50. The lowest BCUT2D eigenvalue weighted by Crippen LogP contribution is -2.03. The van der Waals surface area contributed by atoms with Crippen molar-refractivity contribution < 1.29 is 17.6 Å². The highest BCUT2D eigenvalue weighted by atomic mass is 32.1. The van der Waals surface area contributed by atoms with Crippen molar-refractivity contribution in [2.75, 3.05) is 5.73 Å². The van der Waals surface area contributed by atoms with Gasteiger partial charge in [-0.05, 0) is 36.8 Å². The number of rotatable bonds is 1. The first-order valence-electron chi connectivity index (χ1n) is 5.68. The van der Waals surface area contributed by atoms with Gasteiger partial charge in [0.1, 0.15) is 5.52 Å². The van der Waals surface area contributed by atoms with Crippen molar-refractivity contribution in [1.29, 1.82) is 0 Å². The van der Waals surface area contributed by atoms with Gasteiger partial charge in [-0.1, -0.05) is 0 Å². The molecule has 20 heavy (non-hydrogen) atoms. The molecule has 0 saturated heterocycles. The van der Waals surface area contributed by atoms with Crippen LogP contribution >= 0.6 is 11.3 Å². The highest BCUT2D eigenvalue weighted by molar-refractivity contribution is 7.19. The Morgan fingerprint density at radius 2 is 2.00 bits per heavy atom. The van der Waals surface area contributed by atoms with Gasteiger partial charge in [-0.3, -0.25) is 0 Å². The number of oxazole rings is 1. The topological polar surface area (TPSA) is 52.0 Å². The Labute approximate surface area is 115 Å². The van der Waals surface area contributed by atoms with Gasteiger partial charge in [-0.15, -0.1) is 11.3 Å². The quantitative estimate of drug-likeness (QED) is 0.721. The molecule has 3 rings (SSSR count). The van der Waals surface area contributed by atoms with Crippen LogP contribution in [0.4, 0.5) is 18.2 Å². The third-order valence-corrected chi connectivity index (χ3v) is 3.90. The maximum atomic E-state index is 12.6. The van der Waals surface area contributed by atoms with Crippen LogP contribution < -0.4 is 5.73 Å². The fourth-order valence-corrected chi connectivity index (χ4v) is 2.79. The fraction of sp³-hybridized carbons (Fsp3) is 0.154. The highest BCUT2D eigenvalue weighted by Crippen LogP contribution is 2.36. The summed E-state index contributed by atoms with van der Waals surface area (Å²) in [6.45, 7) is 1.85. The van der Waals surface area contributed by atoms with Gasteiger partial charge < -0.3 is 10.2 Å². The van der Waals surface area contributed by atoms with E-state index in [4.69, 9.17) is 10.2 Å².